The van der Waals surface area contributed by atoms with Crippen LogP contribution in [0.25, 0.3) is 11.2 Å². The zero-order valence-corrected chi connectivity index (χ0v) is 12.1. The van der Waals surface area contributed by atoms with Crippen molar-refractivity contribution in [1.29, 1.82) is 0 Å². The zero-order valence-electron chi connectivity index (χ0n) is 10.5. The minimum Gasteiger partial charge on any atom is -0.479 e. The molecule has 3 heterocycles. The lowest BCUT2D eigenvalue weighted by molar-refractivity contribution is 0.401. The largest absolute Gasteiger partial charge is 0.479 e. The fourth-order valence-electron chi connectivity index (χ4n) is 2.45. The molecule has 1 aliphatic rings. The Hall–Kier alpha value is -1.28. The lowest BCUT2D eigenvalue weighted by Crippen LogP contribution is -2.22. The fraction of sp³-hybridized carbons (Fsp3) is 0.545. The molecule has 6 nitrogen and oxygen atoms in total. The zero-order chi connectivity index (χ0) is 13.4. The molecule has 2 aromatic rings. The van der Waals surface area contributed by atoms with Gasteiger partial charge in [0.25, 0.3) is 0 Å². The number of aromatic nitrogens is 4. The molecule has 102 valence electrons. The molecule has 0 amide bonds. The van der Waals surface area contributed by atoms with Crippen LogP contribution in [0.5, 0.6) is 5.88 Å². The van der Waals surface area contributed by atoms with E-state index in [0.29, 0.717) is 10.7 Å². The molecular weight excluding hydrogens is 284 g/mol. The molecule has 1 aliphatic heterocycles. The van der Waals surface area contributed by atoms with Crippen LogP contribution in [0.3, 0.4) is 0 Å². The molecule has 0 bridgehead atoms. The summed E-state index contributed by atoms with van der Waals surface area (Å²) in [6.07, 6.45) is 3.20. The molecule has 0 atom stereocenters. The second kappa shape index (κ2) is 5.01. The van der Waals surface area contributed by atoms with Crippen LogP contribution in [0.2, 0.25) is 0 Å². The number of H-pyrrole nitrogens is 1. The topological polar surface area (TPSA) is 72.8 Å². The van der Waals surface area contributed by atoms with Gasteiger partial charge in [-0.25, -0.2) is 4.98 Å². The normalized spacial score (nSPS) is 23.6. The van der Waals surface area contributed by atoms with Crippen molar-refractivity contribution < 1.29 is 8.95 Å². The number of aromatic amines is 1. The summed E-state index contributed by atoms with van der Waals surface area (Å²) in [6, 6.07) is 0.249. The first-order valence-electron chi connectivity index (χ1n) is 6.05. The fourth-order valence-corrected chi connectivity index (χ4v) is 4.06. The van der Waals surface area contributed by atoms with Gasteiger partial charge < -0.3 is 9.72 Å². The van der Waals surface area contributed by atoms with E-state index in [9.17, 15) is 4.21 Å². The number of rotatable bonds is 2. The highest BCUT2D eigenvalue weighted by atomic mass is 32.2. The molecule has 3 rings (SSSR count). The Kier molecular flexibility index (Phi) is 3.36. The standard InChI is InChI=1S/C11H14N4O2S2/c1-17-10-8-9(12-6-13-10)15(11(18)14-8)7-2-4-19(16)5-3-7/h6-7H,2-5H2,1H3,(H,14,18). The van der Waals surface area contributed by atoms with Gasteiger partial charge in [-0.2, -0.15) is 4.98 Å². The summed E-state index contributed by atoms with van der Waals surface area (Å²) < 4.78 is 19.3. The number of imidazole rings is 1. The number of hydrogen-bond acceptors (Lipinski definition) is 5. The molecule has 1 saturated heterocycles. The average molecular weight is 298 g/mol. The van der Waals surface area contributed by atoms with Crippen molar-refractivity contribution in [2.24, 2.45) is 0 Å². The lowest BCUT2D eigenvalue weighted by atomic mass is 10.1. The molecule has 0 aliphatic carbocycles. The maximum Gasteiger partial charge on any atom is 0.242 e. The lowest BCUT2D eigenvalue weighted by Gasteiger charge is -2.22. The molecule has 8 heteroatoms. The van der Waals surface area contributed by atoms with Crippen LogP contribution in [0.15, 0.2) is 6.33 Å². The summed E-state index contributed by atoms with van der Waals surface area (Å²) in [6.45, 7) is 0. The van der Waals surface area contributed by atoms with E-state index in [4.69, 9.17) is 17.0 Å². The molecule has 1 fully saturated rings. The highest BCUT2D eigenvalue weighted by molar-refractivity contribution is 7.85. The monoisotopic (exact) mass is 298 g/mol. The summed E-state index contributed by atoms with van der Waals surface area (Å²) in [5.41, 5.74) is 1.48. The van der Waals surface area contributed by atoms with Crippen LogP contribution in [-0.2, 0) is 10.8 Å². The molecule has 1 N–H and O–H groups in total. The van der Waals surface area contributed by atoms with Crippen molar-refractivity contribution in [3.63, 3.8) is 0 Å². The van der Waals surface area contributed by atoms with Gasteiger partial charge >= 0.3 is 0 Å². The van der Waals surface area contributed by atoms with Gasteiger partial charge in [-0.15, -0.1) is 0 Å². The van der Waals surface area contributed by atoms with Crippen LogP contribution >= 0.6 is 12.2 Å². The van der Waals surface area contributed by atoms with E-state index in [1.165, 1.54) is 6.33 Å². The molecule has 0 aromatic carbocycles. The van der Waals surface area contributed by atoms with Gasteiger partial charge in [-0.1, -0.05) is 0 Å². The van der Waals surface area contributed by atoms with E-state index in [2.05, 4.69) is 15.0 Å². The van der Waals surface area contributed by atoms with Gasteiger partial charge in [0.15, 0.2) is 10.4 Å². The Morgan fingerprint density at radius 3 is 2.89 bits per heavy atom. The van der Waals surface area contributed by atoms with E-state index in [1.807, 2.05) is 4.57 Å². The summed E-state index contributed by atoms with van der Waals surface area (Å²) in [5, 5.41) is 0. The second-order valence-corrected chi connectivity index (χ2v) is 6.54. The van der Waals surface area contributed by atoms with Crippen LogP contribution in [-0.4, -0.2) is 42.3 Å². The first-order chi connectivity index (χ1) is 9.20. The predicted octanol–water partition coefficient (Wildman–Crippen LogP) is 1.58. The van der Waals surface area contributed by atoms with Crippen molar-refractivity contribution in [1.82, 2.24) is 19.5 Å². The van der Waals surface area contributed by atoms with E-state index in [-0.39, 0.29) is 6.04 Å². The quantitative estimate of drug-likeness (QED) is 0.852. The number of ether oxygens (including phenoxy) is 1. The number of nitrogens with zero attached hydrogens (tertiary/aromatic N) is 3. The number of methoxy groups -OCH3 is 1. The van der Waals surface area contributed by atoms with E-state index in [1.54, 1.807) is 7.11 Å². The van der Waals surface area contributed by atoms with E-state index in [0.717, 1.165) is 35.5 Å². The van der Waals surface area contributed by atoms with Crippen LogP contribution < -0.4 is 4.74 Å². The number of hydrogen-bond donors (Lipinski definition) is 1. The van der Waals surface area contributed by atoms with Crippen LogP contribution in [0, 0.1) is 4.77 Å². The molecule has 0 unspecified atom stereocenters. The Balaban J connectivity index is 2.11. The Morgan fingerprint density at radius 1 is 1.47 bits per heavy atom. The average Bonchev–Trinajstić information content (AvgIpc) is 2.76. The van der Waals surface area contributed by atoms with Crippen molar-refractivity contribution in [3.05, 3.63) is 11.1 Å². The Morgan fingerprint density at radius 2 is 2.21 bits per heavy atom. The third-order valence-electron chi connectivity index (χ3n) is 3.39. The smallest absolute Gasteiger partial charge is 0.242 e. The first kappa shape index (κ1) is 12.7. The SMILES string of the molecule is COc1ncnc2c1[nH]c(=S)n2C1CCS(=O)CC1. The Bertz CT molecular complexity index is 684. The molecular formula is C11H14N4O2S2. The van der Waals surface area contributed by atoms with Gasteiger partial charge in [0.05, 0.1) is 7.11 Å². The third kappa shape index (κ3) is 2.18. The molecule has 2 aromatic heterocycles. The predicted molar refractivity (Wildman–Crippen MR) is 75.4 cm³/mol. The third-order valence-corrected chi connectivity index (χ3v) is 5.07. The van der Waals surface area contributed by atoms with Gasteiger partial charge in [-0.05, 0) is 25.1 Å². The van der Waals surface area contributed by atoms with Gasteiger partial charge in [-0.3, -0.25) is 8.78 Å². The van der Waals surface area contributed by atoms with E-state index >= 15 is 0 Å². The van der Waals surface area contributed by atoms with E-state index < -0.39 is 10.8 Å². The van der Waals surface area contributed by atoms with Crippen LogP contribution in [0.4, 0.5) is 0 Å². The number of fused-ring (bicyclic) bond motifs is 1. The van der Waals surface area contributed by atoms with Crippen LogP contribution in [0.1, 0.15) is 18.9 Å². The molecule has 0 radical (unpaired) electrons. The maximum absolute atomic E-state index is 11.4. The maximum atomic E-state index is 11.4. The molecule has 0 saturated carbocycles. The first-order valence-corrected chi connectivity index (χ1v) is 7.94. The summed E-state index contributed by atoms with van der Waals surface area (Å²) in [4.78, 5) is 11.5. The van der Waals surface area contributed by atoms with Crippen molar-refractivity contribution >= 4 is 34.2 Å². The van der Waals surface area contributed by atoms with Gasteiger partial charge in [0, 0.05) is 28.3 Å². The minimum absolute atomic E-state index is 0.249. The van der Waals surface area contributed by atoms with Crippen molar-refractivity contribution in [3.8, 4) is 5.88 Å². The molecule has 19 heavy (non-hydrogen) atoms. The second-order valence-electron chi connectivity index (χ2n) is 4.46. The number of nitrogens with one attached hydrogen (secondary N) is 1. The molecule has 0 spiro atoms. The minimum atomic E-state index is -0.684. The highest BCUT2D eigenvalue weighted by Crippen LogP contribution is 2.28. The summed E-state index contributed by atoms with van der Waals surface area (Å²) in [5.74, 6) is 1.94. The summed E-state index contributed by atoms with van der Waals surface area (Å²) in [7, 11) is 0.885. The highest BCUT2D eigenvalue weighted by Gasteiger charge is 2.23. The van der Waals surface area contributed by atoms with Crippen molar-refractivity contribution in [2.45, 2.75) is 18.9 Å². The summed E-state index contributed by atoms with van der Waals surface area (Å²) >= 11 is 5.38. The van der Waals surface area contributed by atoms with Gasteiger partial charge in [0.1, 0.15) is 11.8 Å². The van der Waals surface area contributed by atoms with Crippen molar-refractivity contribution in [2.75, 3.05) is 18.6 Å². The van der Waals surface area contributed by atoms with Gasteiger partial charge in [0.2, 0.25) is 5.88 Å². The Labute approximate surface area is 117 Å².